The van der Waals surface area contributed by atoms with Gasteiger partial charge < -0.3 is 16.3 Å². The van der Waals surface area contributed by atoms with Crippen LogP contribution in [-0.4, -0.2) is 21.9 Å². The van der Waals surface area contributed by atoms with Crippen molar-refractivity contribution >= 4 is 17.4 Å². The van der Waals surface area contributed by atoms with E-state index in [0.29, 0.717) is 11.3 Å². The second kappa shape index (κ2) is 6.00. The molecule has 0 aliphatic heterocycles. The summed E-state index contributed by atoms with van der Waals surface area (Å²) in [5.74, 6) is -1.26. The molecule has 0 unspecified atom stereocenters. The van der Waals surface area contributed by atoms with E-state index in [1.165, 1.54) is 18.3 Å². The molecule has 0 radical (unpaired) electrons. The average Bonchev–Trinajstić information content (AvgIpc) is 2.48. The van der Waals surface area contributed by atoms with Gasteiger partial charge in [0, 0.05) is 23.0 Å². The highest BCUT2D eigenvalue weighted by Gasteiger charge is 2.13. The summed E-state index contributed by atoms with van der Waals surface area (Å²) >= 11 is 0. The monoisotopic (exact) mass is 288 g/mol. The molecule has 0 saturated heterocycles. The Labute approximate surface area is 120 Å². The molecule has 21 heavy (non-hydrogen) atoms. The highest BCUT2D eigenvalue weighted by atomic mass is 19.1. The summed E-state index contributed by atoms with van der Waals surface area (Å²) in [6.07, 6.45) is 1.51. The lowest BCUT2D eigenvalue weighted by Crippen LogP contribution is -2.19. The quantitative estimate of drug-likeness (QED) is 0.347. The van der Waals surface area contributed by atoms with Crippen LogP contribution >= 0.6 is 0 Å². The van der Waals surface area contributed by atoms with E-state index in [4.69, 9.17) is 10.9 Å². The minimum Gasteiger partial charge on any atom is -0.409 e. The van der Waals surface area contributed by atoms with Crippen LogP contribution in [0.1, 0.15) is 21.6 Å². The number of amidine groups is 1. The van der Waals surface area contributed by atoms with Crippen LogP contribution in [0.2, 0.25) is 0 Å². The third kappa shape index (κ3) is 3.33. The summed E-state index contributed by atoms with van der Waals surface area (Å²) in [7, 11) is 0. The molecule has 1 heterocycles. The van der Waals surface area contributed by atoms with E-state index in [-0.39, 0.29) is 17.1 Å². The number of carbonyl (C=O) groups excluding carboxylic acids is 1. The molecule has 2 rings (SSSR count). The maximum absolute atomic E-state index is 13.2. The van der Waals surface area contributed by atoms with Gasteiger partial charge in [-0.05, 0) is 37.3 Å². The lowest BCUT2D eigenvalue weighted by Gasteiger charge is -2.10. The molecule has 7 heteroatoms. The number of amides is 1. The Hall–Kier alpha value is -2.96. The number of nitrogens with one attached hydrogen (secondary N) is 1. The van der Waals surface area contributed by atoms with Crippen molar-refractivity contribution in [1.29, 1.82) is 0 Å². The predicted molar refractivity (Wildman–Crippen MR) is 75.8 cm³/mol. The van der Waals surface area contributed by atoms with Crippen molar-refractivity contribution in [3.8, 4) is 0 Å². The second-order valence-electron chi connectivity index (χ2n) is 4.32. The summed E-state index contributed by atoms with van der Waals surface area (Å²) in [5.41, 5.74) is 6.90. The second-order valence-corrected chi connectivity index (χ2v) is 4.32. The fourth-order valence-electron chi connectivity index (χ4n) is 1.77. The van der Waals surface area contributed by atoms with E-state index in [1.54, 1.807) is 19.1 Å². The normalized spacial score (nSPS) is 11.2. The lowest BCUT2D eigenvalue weighted by molar-refractivity contribution is 0.102. The molecule has 6 nitrogen and oxygen atoms in total. The summed E-state index contributed by atoms with van der Waals surface area (Å²) in [6, 6.07) is 6.75. The maximum Gasteiger partial charge on any atom is 0.255 e. The first-order valence-electron chi connectivity index (χ1n) is 6.02. The number of carbonyl (C=O) groups is 1. The minimum absolute atomic E-state index is 0.0941. The van der Waals surface area contributed by atoms with Crippen molar-refractivity contribution in [2.24, 2.45) is 10.9 Å². The van der Waals surface area contributed by atoms with Gasteiger partial charge in [0.05, 0.1) is 5.69 Å². The van der Waals surface area contributed by atoms with Crippen LogP contribution < -0.4 is 11.1 Å². The van der Waals surface area contributed by atoms with Crippen molar-refractivity contribution < 1.29 is 14.4 Å². The zero-order valence-corrected chi connectivity index (χ0v) is 11.2. The van der Waals surface area contributed by atoms with Gasteiger partial charge in [-0.3, -0.25) is 9.78 Å². The van der Waals surface area contributed by atoms with Crippen molar-refractivity contribution in [3.05, 3.63) is 59.2 Å². The number of aromatic nitrogens is 1. The van der Waals surface area contributed by atoms with E-state index in [1.807, 2.05) is 0 Å². The third-order valence-electron chi connectivity index (χ3n) is 2.77. The molecule has 2 aromatic rings. The molecule has 108 valence electrons. The van der Waals surface area contributed by atoms with Crippen LogP contribution in [0.5, 0.6) is 0 Å². The first kappa shape index (κ1) is 14.4. The van der Waals surface area contributed by atoms with Crippen LogP contribution in [0.15, 0.2) is 41.7 Å². The molecule has 0 saturated carbocycles. The Kier molecular flexibility index (Phi) is 4.13. The molecule has 1 amide bonds. The van der Waals surface area contributed by atoms with Gasteiger partial charge in [0.25, 0.3) is 5.91 Å². The fraction of sp³-hybridized carbons (Fsp3) is 0.0714. The Morgan fingerprint density at radius 3 is 2.81 bits per heavy atom. The van der Waals surface area contributed by atoms with Crippen LogP contribution in [-0.2, 0) is 0 Å². The molecule has 1 aromatic carbocycles. The topological polar surface area (TPSA) is 101 Å². The largest absolute Gasteiger partial charge is 0.409 e. The Bertz CT molecular complexity index is 716. The molecule has 0 aliphatic rings. The highest BCUT2D eigenvalue weighted by Crippen LogP contribution is 2.18. The van der Waals surface area contributed by atoms with Crippen molar-refractivity contribution in [2.75, 3.05) is 5.32 Å². The van der Waals surface area contributed by atoms with Crippen LogP contribution in [0.25, 0.3) is 0 Å². The van der Waals surface area contributed by atoms with E-state index in [2.05, 4.69) is 15.5 Å². The summed E-state index contributed by atoms with van der Waals surface area (Å²) < 4.78 is 13.2. The fourth-order valence-corrected chi connectivity index (χ4v) is 1.77. The molecule has 4 N–H and O–H groups in total. The molecule has 0 bridgehead atoms. The van der Waals surface area contributed by atoms with Gasteiger partial charge in [-0.15, -0.1) is 0 Å². The molecule has 0 atom stereocenters. The standard InChI is InChI=1S/C14H13FN4O2/c1-8-6-9(4-5-17-8)14(20)18-12-3-2-10(15)7-11(12)13(16)19-21/h2-7,21H,1H3,(H2,16,19)(H,18,20). The zero-order chi connectivity index (χ0) is 15.4. The smallest absolute Gasteiger partial charge is 0.255 e. The lowest BCUT2D eigenvalue weighted by atomic mass is 10.1. The van der Waals surface area contributed by atoms with Gasteiger partial charge in [0.1, 0.15) is 5.82 Å². The molecular weight excluding hydrogens is 275 g/mol. The number of oxime groups is 1. The molecule has 0 spiro atoms. The number of hydrogen-bond acceptors (Lipinski definition) is 4. The number of halogens is 1. The number of pyridine rings is 1. The van der Waals surface area contributed by atoms with E-state index >= 15 is 0 Å². The zero-order valence-electron chi connectivity index (χ0n) is 11.2. The van der Waals surface area contributed by atoms with E-state index in [0.717, 1.165) is 6.07 Å². The number of nitrogens with two attached hydrogens (primary N) is 1. The van der Waals surface area contributed by atoms with Crippen molar-refractivity contribution in [2.45, 2.75) is 6.92 Å². The average molecular weight is 288 g/mol. The van der Waals surface area contributed by atoms with E-state index in [9.17, 15) is 9.18 Å². The minimum atomic E-state index is -0.561. The summed E-state index contributed by atoms with van der Waals surface area (Å²) in [4.78, 5) is 16.1. The van der Waals surface area contributed by atoms with Crippen molar-refractivity contribution in [3.63, 3.8) is 0 Å². The Balaban J connectivity index is 2.33. The van der Waals surface area contributed by atoms with Crippen LogP contribution in [0.3, 0.4) is 0 Å². The van der Waals surface area contributed by atoms with Gasteiger partial charge in [-0.25, -0.2) is 4.39 Å². The number of aryl methyl sites for hydroxylation is 1. The molecule has 1 aromatic heterocycles. The highest BCUT2D eigenvalue weighted by molar-refractivity contribution is 6.09. The molecule has 0 fully saturated rings. The van der Waals surface area contributed by atoms with Gasteiger partial charge in [-0.1, -0.05) is 5.16 Å². The van der Waals surface area contributed by atoms with Crippen LogP contribution in [0.4, 0.5) is 10.1 Å². The van der Waals surface area contributed by atoms with Crippen molar-refractivity contribution in [1.82, 2.24) is 4.98 Å². The van der Waals surface area contributed by atoms with Gasteiger partial charge in [-0.2, -0.15) is 0 Å². The number of anilines is 1. The van der Waals surface area contributed by atoms with Gasteiger partial charge >= 0.3 is 0 Å². The number of benzene rings is 1. The first-order chi connectivity index (χ1) is 10.0. The molecule has 0 aliphatic carbocycles. The summed E-state index contributed by atoms with van der Waals surface area (Å²) in [5, 5.41) is 14.1. The number of hydrogen-bond donors (Lipinski definition) is 3. The van der Waals surface area contributed by atoms with E-state index < -0.39 is 11.7 Å². The Morgan fingerprint density at radius 2 is 2.14 bits per heavy atom. The van der Waals surface area contributed by atoms with Crippen LogP contribution in [0, 0.1) is 12.7 Å². The first-order valence-corrected chi connectivity index (χ1v) is 6.02. The maximum atomic E-state index is 13.2. The van der Waals surface area contributed by atoms with Gasteiger partial charge in [0.15, 0.2) is 5.84 Å². The Morgan fingerprint density at radius 1 is 1.38 bits per heavy atom. The number of rotatable bonds is 3. The summed E-state index contributed by atoms with van der Waals surface area (Å²) in [6.45, 7) is 1.76. The SMILES string of the molecule is Cc1cc(C(=O)Nc2ccc(F)cc2/C(N)=N/O)ccn1. The van der Waals surface area contributed by atoms with Gasteiger partial charge in [0.2, 0.25) is 0 Å². The third-order valence-corrected chi connectivity index (χ3v) is 2.77. The number of nitrogens with zero attached hydrogens (tertiary/aromatic N) is 2. The predicted octanol–water partition coefficient (Wildman–Crippen LogP) is 1.88. The molecular formula is C14H13FN4O2.